The SMILES string of the molecule is CCNC(=NCc1ccc(N2CCCC2=O)cc1)NCC(O)c1ccc(OC)cc1. The fourth-order valence-corrected chi connectivity index (χ4v) is 3.35. The molecule has 0 radical (unpaired) electrons. The van der Waals surface area contributed by atoms with E-state index in [0.717, 1.165) is 42.1 Å². The summed E-state index contributed by atoms with van der Waals surface area (Å²) in [6.07, 6.45) is 0.897. The van der Waals surface area contributed by atoms with Gasteiger partial charge in [-0.3, -0.25) is 4.79 Å². The number of hydrogen-bond donors (Lipinski definition) is 3. The third-order valence-corrected chi connectivity index (χ3v) is 5.05. The van der Waals surface area contributed by atoms with Crippen molar-refractivity contribution in [3.05, 3.63) is 59.7 Å². The molecule has 1 aliphatic rings. The van der Waals surface area contributed by atoms with Gasteiger partial charge < -0.3 is 25.4 Å². The molecule has 1 heterocycles. The molecular weight excluding hydrogens is 380 g/mol. The Morgan fingerprint density at radius 1 is 1.17 bits per heavy atom. The first-order valence-corrected chi connectivity index (χ1v) is 10.3. The van der Waals surface area contributed by atoms with Crippen molar-refractivity contribution >= 4 is 17.6 Å². The summed E-state index contributed by atoms with van der Waals surface area (Å²) in [7, 11) is 1.62. The van der Waals surface area contributed by atoms with Gasteiger partial charge >= 0.3 is 0 Å². The van der Waals surface area contributed by atoms with Crippen LogP contribution in [0.3, 0.4) is 0 Å². The van der Waals surface area contributed by atoms with Gasteiger partial charge in [-0.05, 0) is 48.7 Å². The molecule has 1 amide bonds. The molecule has 1 fully saturated rings. The minimum Gasteiger partial charge on any atom is -0.497 e. The smallest absolute Gasteiger partial charge is 0.227 e. The van der Waals surface area contributed by atoms with Crippen LogP contribution in [0.1, 0.15) is 37.0 Å². The molecule has 0 spiro atoms. The number of guanidine groups is 1. The van der Waals surface area contributed by atoms with E-state index in [2.05, 4.69) is 15.6 Å². The Morgan fingerprint density at radius 2 is 1.90 bits per heavy atom. The molecular formula is C23H30N4O3. The van der Waals surface area contributed by atoms with E-state index in [9.17, 15) is 9.90 Å². The van der Waals surface area contributed by atoms with Crippen molar-refractivity contribution < 1.29 is 14.6 Å². The number of anilines is 1. The highest BCUT2D eigenvalue weighted by Gasteiger charge is 2.21. The van der Waals surface area contributed by atoms with E-state index < -0.39 is 6.10 Å². The molecule has 0 saturated carbocycles. The minimum absolute atomic E-state index is 0.190. The van der Waals surface area contributed by atoms with Crippen LogP contribution in [-0.2, 0) is 11.3 Å². The predicted molar refractivity (Wildman–Crippen MR) is 119 cm³/mol. The van der Waals surface area contributed by atoms with E-state index in [-0.39, 0.29) is 5.91 Å². The van der Waals surface area contributed by atoms with Gasteiger partial charge in [-0.2, -0.15) is 0 Å². The zero-order chi connectivity index (χ0) is 21.3. The second-order valence-electron chi connectivity index (χ2n) is 7.18. The third kappa shape index (κ3) is 5.73. The van der Waals surface area contributed by atoms with Crippen molar-refractivity contribution in [3.63, 3.8) is 0 Å². The lowest BCUT2D eigenvalue weighted by Crippen LogP contribution is -2.39. The first-order valence-electron chi connectivity index (χ1n) is 10.3. The molecule has 1 atom stereocenters. The number of carbonyl (C=O) groups excluding carboxylic acids is 1. The van der Waals surface area contributed by atoms with Gasteiger partial charge in [0.05, 0.1) is 19.8 Å². The van der Waals surface area contributed by atoms with Gasteiger partial charge in [0.25, 0.3) is 0 Å². The largest absolute Gasteiger partial charge is 0.497 e. The van der Waals surface area contributed by atoms with Crippen LogP contribution >= 0.6 is 0 Å². The van der Waals surface area contributed by atoms with Gasteiger partial charge in [-0.25, -0.2) is 4.99 Å². The van der Waals surface area contributed by atoms with Gasteiger partial charge in [0, 0.05) is 31.7 Å². The fourth-order valence-electron chi connectivity index (χ4n) is 3.35. The van der Waals surface area contributed by atoms with E-state index in [4.69, 9.17) is 4.74 Å². The molecule has 1 saturated heterocycles. The lowest BCUT2D eigenvalue weighted by Gasteiger charge is -2.16. The van der Waals surface area contributed by atoms with E-state index in [1.165, 1.54) is 0 Å². The highest BCUT2D eigenvalue weighted by atomic mass is 16.5. The maximum absolute atomic E-state index is 11.9. The van der Waals surface area contributed by atoms with E-state index in [1.807, 2.05) is 60.4 Å². The molecule has 2 aromatic carbocycles. The van der Waals surface area contributed by atoms with Crippen LogP contribution in [0.2, 0.25) is 0 Å². The summed E-state index contributed by atoms with van der Waals surface area (Å²) < 4.78 is 5.15. The molecule has 1 unspecified atom stereocenters. The monoisotopic (exact) mass is 410 g/mol. The number of aliphatic hydroxyl groups excluding tert-OH is 1. The van der Waals surface area contributed by atoms with Gasteiger partial charge in [0.1, 0.15) is 5.75 Å². The van der Waals surface area contributed by atoms with Crippen molar-refractivity contribution in [2.24, 2.45) is 4.99 Å². The van der Waals surface area contributed by atoms with Crippen molar-refractivity contribution in [2.45, 2.75) is 32.4 Å². The maximum Gasteiger partial charge on any atom is 0.227 e. The van der Waals surface area contributed by atoms with Crippen molar-refractivity contribution in [2.75, 3.05) is 31.6 Å². The van der Waals surface area contributed by atoms with Crippen LogP contribution in [0.25, 0.3) is 0 Å². The van der Waals surface area contributed by atoms with Crippen LogP contribution in [0.4, 0.5) is 5.69 Å². The van der Waals surface area contributed by atoms with Crippen LogP contribution in [-0.4, -0.2) is 43.7 Å². The molecule has 3 rings (SSSR count). The Labute approximate surface area is 177 Å². The molecule has 160 valence electrons. The zero-order valence-electron chi connectivity index (χ0n) is 17.6. The zero-order valence-corrected chi connectivity index (χ0v) is 17.6. The average Bonchev–Trinajstić information content (AvgIpc) is 3.21. The van der Waals surface area contributed by atoms with Gasteiger partial charge in [-0.15, -0.1) is 0 Å². The number of rotatable bonds is 8. The number of nitrogens with zero attached hydrogens (tertiary/aromatic N) is 2. The Kier molecular flexibility index (Phi) is 7.68. The maximum atomic E-state index is 11.9. The highest BCUT2D eigenvalue weighted by Crippen LogP contribution is 2.22. The van der Waals surface area contributed by atoms with Crippen LogP contribution in [0, 0.1) is 0 Å². The van der Waals surface area contributed by atoms with E-state index in [0.29, 0.717) is 25.5 Å². The molecule has 2 aromatic rings. The molecule has 7 heteroatoms. The molecule has 3 N–H and O–H groups in total. The van der Waals surface area contributed by atoms with E-state index >= 15 is 0 Å². The second-order valence-corrected chi connectivity index (χ2v) is 7.18. The first-order chi connectivity index (χ1) is 14.6. The van der Waals surface area contributed by atoms with Gasteiger partial charge in [-0.1, -0.05) is 24.3 Å². The average molecular weight is 411 g/mol. The summed E-state index contributed by atoms with van der Waals surface area (Å²) in [4.78, 5) is 18.3. The molecule has 0 aliphatic carbocycles. The lowest BCUT2D eigenvalue weighted by molar-refractivity contribution is -0.117. The Bertz CT molecular complexity index is 850. The van der Waals surface area contributed by atoms with E-state index in [1.54, 1.807) is 7.11 Å². The van der Waals surface area contributed by atoms with Crippen molar-refractivity contribution in [1.82, 2.24) is 10.6 Å². The Balaban J connectivity index is 1.56. The summed E-state index contributed by atoms with van der Waals surface area (Å²) in [5.74, 6) is 1.59. The fraction of sp³-hybridized carbons (Fsp3) is 0.391. The third-order valence-electron chi connectivity index (χ3n) is 5.05. The summed E-state index contributed by atoms with van der Waals surface area (Å²) in [6, 6.07) is 15.3. The Hall–Kier alpha value is -3.06. The van der Waals surface area contributed by atoms with Crippen LogP contribution in [0.5, 0.6) is 5.75 Å². The number of carbonyl (C=O) groups is 1. The number of nitrogens with one attached hydrogen (secondary N) is 2. The predicted octanol–water partition coefficient (Wildman–Crippen LogP) is 2.61. The normalized spacial score (nSPS) is 15.2. The molecule has 0 bridgehead atoms. The van der Waals surface area contributed by atoms with Crippen molar-refractivity contribution in [1.29, 1.82) is 0 Å². The quantitative estimate of drug-likeness (QED) is 0.460. The number of aliphatic imine (C=N–C) groups is 1. The number of methoxy groups -OCH3 is 1. The molecule has 7 nitrogen and oxygen atoms in total. The summed E-state index contributed by atoms with van der Waals surface area (Å²) in [6.45, 7) is 4.36. The molecule has 30 heavy (non-hydrogen) atoms. The number of hydrogen-bond acceptors (Lipinski definition) is 4. The molecule has 1 aliphatic heterocycles. The number of ether oxygens (including phenoxy) is 1. The van der Waals surface area contributed by atoms with Crippen LogP contribution < -0.4 is 20.3 Å². The molecule has 0 aromatic heterocycles. The first kappa shape index (κ1) is 21.6. The van der Waals surface area contributed by atoms with Gasteiger partial charge in [0.15, 0.2) is 5.96 Å². The number of aliphatic hydroxyl groups is 1. The summed E-state index contributed by atoms with van der Waals surface area (Å²) in [5.41, 5.74) is 2.81. The summed E-state index contributed by atoms with van der Waals surface area (Å²) in [5, 5.41) is 16.8. The lowest BCUT2D eigenvalue weighted by atomic mass is 10.1. The van der Waals surface area contributed by atoms with Crippen molar-refractivity contribution in [3.8, 4) is 5.75 Å². The van der Waals surface area contributed by atoms with Gasteiger partial charge in [0.2, 0.25) is 5.91 Å². The number of amides is 1. The minimum atomic E-state index is -0.656. The highest BCUT2D eigenvalue weighted by molar-refractivity contribution is 5.95. The van der Waals surface area contributed by atoms with Crippen LogP contribution in [0.15, 0.2) is 53.5 Å². The number of benzene rings is 2. The topological polar surface area (TPSA) is 86.2 Å². The Morgan fingerprint density at radius 3 is 2.50 bits per heavy atom. The second kappa shape index (κ2) is 10.6. The summed E-state index contributed by atoms with van der Waals surface area (Å²) >= 11 is 0. The standard InChI is InChI=1S/C23H30N4O3/c1-3-24-23(26-16-21(28)18-8-12-20(30-2)13-9-18)25-15-17-6-10-19(11-7-17)27-14-4-5-22(27)29/h6-13,21,28H,3-5,14-16H2,1-2H3,(H2,24,25,26).